The van der Waals surface area contributed by atoms with E-state index >= 15 is 0 Å². The minimum Gasteiger partial charge on any atom is -0.310 e. The van der Waals surface area contributed by atoms with Crippen molar-refractivity contribution in [3.8, 4) is 0 Å². The number of nitrogens with one attached hydrogen (secondary N) is 2. The highest BCUT2D eigenvalue weighted by atomic mass is 32.2. The Morgan fingerprint density at radius 2 is 2.20 bits per heavy atom. The number of benzene rings is 1. The molecule has 1 heterocycles. The second-order valence-corrected chi connectivity index (χ2v) is 8.23. The molecule has 1 saturated heterocycles. The maximum Gasteiger partial charge on any atom is 0.240 e. The lowest BCUT2D eigenvalue weighted by molar-refractivity contribution is 0.562. The molecule has 20 heavy (non-hydrogen) atoms. The summed E-state index contributed by atoms with van der Waals surface area (Å²) in [6.07, 6.45) is 0.915. The third kappa shape index (κ3) is 4.48. The van der Waals surface area contributed by atoms with Crippen molar-refractivity contribution in [2.24, 2.45) is 0 Å². The van der Waals surface area contributed by atoms with E-state index in [0.717, 1.165) is 23.5 Å². The SMILES string of the molecule is CC(C)NCc1cccc(S(=O)(=O)NC2CCSC2)c1. The van der Waals surface area contributed by atoms with Crippen LogP contribution in [0, 0.1) is 0 Å². The van der Waals surface area contributed by atoms with Gasteiger partial charge in [-0.25, -0.2) is 13.1 Å². The Hall–Kier alpha value is -0.560. The zero-order chi connectivity index (χ0) is 14.6. The third-order valence-corrected chi connectivity index (χ3v) is 5.86. The van der Waals surface area contributed by atoms with E-state index in [1.807, 2.05) is 6.07 Å². The van der Waals surface area contributed by atoms with Gasteiger partial charge in [0.05, 0.1) is 4.90 Å². The molecule has 1 aromatic rings. The molecular formula is C14H22N2O2S2. The normalized spacial score (nSPS) is 19.6. The lowest BCUT2D eigenvalue weighted by Gasteiger charge is -2.13. The average Bonchev–Trinajstić information content (AvgIpc) is 2.89. The van der Waals surface area contributed by atoms with E-state index in [2.05, 4.69) is 23.9 Å². The Balaban J connectivity index is 2.08. The van der Waals surface area contributed by atoms with Gasteiger partial charge in [0, 0.05) is 24.4 Å². The molecule has 0 aliphatic carbocycles. The molecule has 1 aromatic carbocycles. The highest BCUT2D eigenvalue weighted by Gasteiger charge is 2.23. The first kappa shape index (κ1) is 15.8. The second kappa shape index (κ2) is 6.93. The van der Waals surface area contributed by atoms with Crippen LogP contribution < -0.4 is 10.0 Å². The zero-order valence-corrected chi connectivity index (χ0v) is 13.6. The molecule has 1 aliphatic rings. The molecule has 112 valence electrons. The van der Waals surface area contributed by atoms with Crippen molar-refractivity contribution < 1.29 is 8.42 Å². The van der Waals surface area contributed by atoms with Gasteiger partial charge in [-0.3, -0.25) is 0 Å². The predicted molar refractivity (Wildman–Crippen MR) is 84.5 cm³/mol. The topological polar surface area (TPSA) is 58.2 Å². The molecule has 0 aromatic heterocycles. The molecule has 1 unspecified atom stereocenters. The van der Waals surface area contributed by atoms with Gasteiger partial charge in [0.2, 0.25) is 10.0 Å². The van der Waals surface area contributed by atoms with Crippen molar-refractivity contribution >= 4 is 21.8 Å². The molecule has 6 heteroatoms. The molecule has 2 N–H and O–H groups in total. The number of sulfonamides is 1. The quantitative estimate of drug-likeness (QED) is 0.843. The standard InChI is InChI=1S/C14H22N2O2S2/c1-11(2)15-9-12-4-3-5-14(8-12)20(17,18)16-13-6-7-19-10-13/h3-5,8,11,13,15-16H,6-7,9-10H2,1-2H3. The first-order valence-corrected chi connectivity index (χ1v) is 9.53. The van der Waals surface area contributed by atoms with Crippen LogP contribution in [-0.4, -0.2) is 32.0 Å². The van der Waals surface area contributed by atoms with E-state index in [4.69, 9.17) is 0 Å². The first-order valence-electron chi connectivity index (χ1n) is 6.90. The predicted octanol–water partition coefficient (Wildman–Crippen LogP) is 1.97. The fourth-order valence-corrected chi connectivity index (χ4v) is 4.66. The lowest BCUT2D eigenvalue weighted by atomic mass is 10.2. The Morgan fingerprint density at radius 3 is 2.85 bits per heavy atom. The number of thioether (sulfide) groups is 1. The zero-order valence-electron chi connectivity index (χ0n) is 11.9. The molecule has 2 rings (SSSR count). The molecule has 0 spiro atoms. The average molecular weight is 314 g/mol. The van der Waals surface area contributed by atoms with Crippen molar-refractivity contribution in [2.75, 3.05) is 11.5 Å². The van der Waals surface area contributed by atoms with Crippen LogP contribution in [0.4, 0.5) is 0 Å². The van der Waals surface area contributed by atoms with Gasteiger partial charge in [-0.1, -0.05) is 26.0 Å². The van der Waals surface area contributed by atoms with Gasteiger partial charge in [0.15, 0.2) is 0 Å². The van der Waals surface area contributed by atoms with Gasteiger partial charge in [0.25, 0.3) is 0 Å². The van der Waals surface area contributed by atoms with E-state index in [1.165, 1.54) is 0 Å². The first-order chi connectivity index (χ1) is 9.47. The summed E-state index contributed by atoms with van der Waals surface area (Å²) >= 11 is 1.80. The molecule has 1 aliphatic heterocycles. The molecule has 0 amide bonds. The van der Waals surface area contributed by atoms with E-state index in [1.54, 1.807) is 30.0 Å². The molecular weight excluding hydrogens is 292 g/mol. The number of rotatable bonds is 6. The van der Waals surface area contributed by atoms with Crippen molar-refractivity contribution in [3.05, 3.63) is 29.8 Å². The Bertz CT molecular complexity index is 538. The fraction of sp³-hybridized carbons (Fsp3) is 0.571. The maximum atomic E-state index is 12.3. The highest BCUT2D eigenvalue weighted by molar-refractivity contribution is 7.99. The van der Waals surface area contributed by atoms with Crippen molar-refractivity contribution in [1.82, 2.24) is 10.0 Å². The van der Waals surface area contributed by atoms with Gasteiger partial charge < -0.3 is 5.32 Å². The van der Waals surface area contributed by atoms with Crippen LogP contribution in [0.5, 0.6) is 0 Å². The molecule has 0 saturated carbocycles. The largest absolute Gasteiger partial charge is 0.310 e. The molecule has 0 bridgehead atoms. The smallest absolute Gasteiger partial charge is 0.240 e. The summed E-state index contributed by atoms with van der Waals surface area (Å²) in [7, 11) is -3.40. The summed E-state index contributed by atoms with van der Waals surface area (Å²) in [5, 5.41) is 3.29. The Labute approximate surface area is 125 Å². The van der Waals surface area contributed by atoms with Crippen molar-refractivity contribution in [3.63, 3.8) is 0 Å². The van der Waals surface area contributed by atoms with Gasteiger partial charge in [-0.2, -0.15) is 11.8 Å². The van der Waals surface area contributed by atoms with Crippen LogP contribution in [0.25, 0.3) is 0 Å². The monoisotopic (exact) mass is 314 g/mol. The van der Waals surface area contributed by atoms with Crippen molar-refractivity contribution in [1.29, 1.82) is 0 Å². The third-order valence-electron chi connectivity index (χ3n) is 3.17. The summed E-state index contributed by atoms with van der Waals surface area (Å²) in [6, 6.07) is 7.60. The Kier molecular flexibility index (Phi) is 5.49. The van der Waals surface area contributed by atoms with Crippen LogP contribution in [-0.2, 0) is 16.6 Å². The van der Waals surface area contributed by atoms with Gasteiger partial charge in [0.1, 0.15) is 0 Å². The van der Waals surface area contributed by atoms with Gasteiger partial charge >= 0.3 is 0 Å². The van der Waals surface area contributed by atoms with Crippen LogP contribution in [0.1, 0.15) is 25.8 Å². The summed E-state index contributed by atoms with van der Waals surface area (Å²) < 4.78 is 27.5. The van der Waals surface area contributed by atoms with Crippen LogP contribution in [0.15, 0.2) is 29.2 Å². The number of hydrogen-bond donors (Lipinski definition) is 2. The lowest BCUT2D eigenvalue weighted by Crippen LogP contribution is -2.34. The summed E-state index contributed by atoms with van der Waals surface area (Å²) in [5.74, 6) is 1.90. The minimum absolute atomic E-state index is 0.0717. The van der Waals surface area contributed by atoms with Crippen LogP contribution >= 0.6 is 11.8 Å². The van der Waals surface area contributed by atoms with Crippen molar-refractivity contribution in [2.45, 2.75) is 43.8 Å². The van der Waals surface area contributed by atoms with E-state index in [-0.39, 0.29) is 6.04 Å². The van der Waals surface area contributed by atoms with E-state index < -0.39 is 10.0 Å². The highest BCUT2D eigenvalue weighted by Crippen LogP contribution is 2.20. The molecule has 0 radical (unpaired) electrons. The molecule has 1 atom stereocenters. The van der Waals surface area contributed by atoms with E-state index in [0.29, 0.717) is 17.5 Å². The Morgan fingerprint density at radius 1 is 1.40 bits per heavy atom. The number of hydrogen-bond acceptors (Lipinski definition) is 4. The van der Waals surface area contributed by atoms with Crippen LogP contribution in [0.3, 0.4) is 0 Å². The van der Waals surface area contributed by atoms with Gasteiger partial charge in [-0.15, -0.1) is 0 Å². The fourth-order valence-electron chi connectivity index (χ4n) is 2.06. The maximum absolute atomic E-state index is 12.3. The molecule has 1 fully saturated rings. The van der Waals surface area contributed by atoms with Gasteiger partial charge in [-0.05, 0) is 29.9 Å². The van der Waals surface area contributed by atoms with Crippen LogP contribution in [0.2, 0.25) is 0 Å². The summed E-state index contributed by atoms with van der Waals surface area (Å²) in [6.45, 7) is 4.82. The summed E-state index contributed by atoms with van der Waals surface area (Å²) in [4.78, 5) is 0.359. The summed E-state index contributed by atoms with van der Waals surface area (Å²) in [5.41, 5.74) is 0.988. The second-order valence-electron chi connectivity index (χ2n) is 5.36. The van der Waals surface area contributed by atoms with E-state index in [9.17, 15) is 8.42 Å². The molecule has 4 nitrogen and oxygen atoms in total. The minimum atomic E-state index is -3.40.